The summed E-state index contributed by atoms with van der Waals surface area (Å²) in [5.41, 5.74) is 1.01. The van der Waals surface area contributed by atoms with Gasteiger partial charge in [0.15, 0.2) is 0 Å². The van der Waals surface area contributed by atoms with Crippen LogP contribution < -0.4 is 10.1 Å². The van der Waals surface area contributed by atoms with Crippen molar-refractivity contribution in [1.82, 2.24) is 10.2 Å². The van der Waals surface area contributed by atoms with E-state index in [1.165, 1.54) is 0 Å². The van der Waals surface area contributed by atoms with E-state index in [4.69, 9.17) is 4.74 Å². The third-order valence-electron chi connectivity index (χ3n) is 4.70. The Balaban J connectivity index is 0.00000338. The topological polar surface area (TPSA) is 78.9 Å². The molecule has 2 N–H and O–H groups in total. The number of halogens is 1. The quantitative estimate of drug-likeness (QED) is 0.755. The molecule has 2 unspecified atom stereocenters. The fourth-order valence-electron chi connectivity index (χ4n) is 3.31. The number of rotatable bonds is 7. The van der Waals surface area contributed by atoms with Crippen LogP contribution in [0.25, 0.3) is 0 Å². The summed E-state index contributed by atoms with van der Waals surface area (Å²) >= 11 is 0. The average molecular weight is 385 g/mol. The molecule has 0 bridgehead atoms. The number of likely N-dealkylation sites (tertiary alicyclic amines) is 1. The Morgan fingerprint density at radius 3 is 2.46 bits per heavy atom. The van der Waals surface area contributed by atoms with E-state index in [2.05, 4.69) is 19.2 Å². The molecule has 2 rings (SSSR count). The summed E-state index contributed by atoms with van der Waals surface area (Å²) in [4.78, 5) is 25.7. The summed E-state index contributed by atoms with van der Waals surface area (Å²) in [7, 11) is 1.62. The molecular formula is C19H29ClN2O4. The van der Waals surface area contributed by atoms with Gasteiger partial charge in [0, 0.05) is 0 Å². The van der Waals surface area contributed by atoms with Crippen molar-refractivity contribution in [3.05, 3.63) is 29.8 Å². The van der Waals surface area contributed by atoms with Crippen molar-refractivity contribution in [1.29, 1.82) is 0 Å². The molecule has 1 aromatic rings. The number of carbonyl (C=O) groups is 2. The average Bonchev–Trinajstić information content (AvgIpc) is 2.60. The van der Waals surface area contributed by atoms with E-state index < -0.39 is 12.0 Å². The second-order valence-electron chi connectivity index (χ2n) is 6.88. The van der Waals surface area contributed by atoms with Crippen molar-refractivity contribution < 1.29 is 19.4 Å². The van der Waals surface area contributed by atoms with E-state index in [9.17, 15) is 14.7 Å². The minimum atomic E-state index is -0.844. The maximum Gasteiger partial charge on any atom is 0.320 e. The highest BCUT2D eigenvalue weighted by Crippen LogP contribution is 2.24. The van der Waals surface area contributed by atoms with Gasteiger partial charge in [-0.2, -0.15) is 0 Å². The van der Waals surface area contributed by atoms with Gasteiger partial charge in [-0.3, -0.25) is 14.5 Å². The first-order chi connectivity index (χ1) is 11.9. The largest absolute Gasteiger partial charge is 0.497 e. The molecule has 1 aromatic carbocycles. The van der Waals surface area contributed by atoms with Crippen molar-refractivity contribution >= 4 is 24.3 Å². The van der Waals surface area contributed by atoms with E-state index in [0.717, 1.165) is 24.2 Å². The molecule has 1 amide bonds. The normalized spacial score (nSPS) is 18.7. The highest BCUT2D eigenvalue weighted by atomic mass is 35.5. The number of methoxy groups -OCH3 is 1. The van der Waals surface area contributed by atoms with Gasteiger partial charge in [0.1, 0.15) is 11.8 Å². The number of nitrogens with one attached hydrogen (secondary N) is 1. The van der Waals surface area contributed by atoms with Gasteiger partial charge in [-0.1, -0.05) is 32.4 Å². The molecule has 1 heterocycles. The van der Waals surface area contributed by atoms with Gasteiger partial charge in [-0.15, -0.1) is 12.4 Å². The Morgan fingerprint density at radius 2 is 1.92 bits per heavy atom. The second-order valence-corrected chi connectivity index (χ2v) is 6.88. The Kier molecular flexibility index (Phi) is 8.88. The molecule has 1 saturated heterocycles. The lowest BCUT2D eigenvalue weighted by molar-refractivity contribution is -0.145. The Labute approximate surface area is 161 Å². The molecule has 0 saturated carbocycles. The van der Waals surface area contributed by atoms with Gasteiger partial charge in [0.05, 0.1) is 19.7 Å². The summed E-state index contributed by atoms with van der Waals surface area (Å²) in [6, 6.07) is 6.98. The highest BCUT2D eigenvalue weighted by molar-refractivity contribution is 5.85. The molecule has 1 aliphatic rings. The summed E-state index contributed by atoms with van der Waals surface area (Å²) in [5.74, 6) is 0.00917. The summed E-state index contributed by atoms with van der Waals surface area (Å²) in [6.07, 6.45) is 2.44. The van der Waals surface area contributed by atoms with Crippen LogP contribution in [0, 0.1) is 5.92 Å². The first kappa shape index (κ1) is 22.3. The first-order valence-electron chi connectivity index (χ1n) is 8.82. The number of hydrogen-bond donors (Lipinski definition) is 2. The van der Waals surface area contributed by atoms with Gasteiger partial charge < -0.3 is 15.2 Å². The molecule has 26 heavy (non-hydrogen) atoms. The number of carboxylic acid groups (broad SMARTS) is 1. The van der Waals surface area contributed by atoms with Crippen molar-refractivity contribution in [3.63, 3.8) is 0 Å². The lowest BCUT2D eigenvalue weighted by atomic mass is 9.95. The zero-order chi connectivity index (χ0) is 18.4. The SMILES string of the molecule is COc1ccc(C(NC(=O)CN2CCCCC2C(=O)O)C(C)C)cc1.Cl. The standard InChI is InChI=1S/C19H28N2O4.ClH/c1-13(2)18(14-7-9-15(25-3)10-8-14)20-17(22)12-21-11-5-4-6-16(21)19(23)24;/h7-10,13,16,18H,4-6,11-12H2,1-3H3,(H,20,22)(H,23,24);1H. The van der Waals surface area contributed by atoms with Crippen molar-refractivity contribution in [2.24, 2.45) is 5.92 Å². The number of aliphatic carboxylic acids is 1. The Hall–Kier alpha value is -1.79. The van der Waals surface area contributed by atoms with Crippen LogP contribution in [-0.2, 0) is 9.59 Å². The molecule has 7 heteroatoms. The van der Waals surface area contributed by atoms with E-state index in [-0.39, 0.29) is 36.8 Å². The Bertz CT molecular complexity index is 592. The number of ether oxygens (including phenoxy) is 1. The monoisotopic (exact) mass is 384 g/mol. The molecule has 6 nitrogen and oxygen atoms in total. The Morgan fingerprint density at radius 1 is 1.27 bits per heavy atom. The molecule has 1 fully saturated rings. The van der Waals surface area contributed by atoms with Gasteiger partial charge in [0.25, 0.3) is 0 Å². The number of hydrogen-bond acceptors (Lipinski definition) is 4. The molecular weight excluding hydrogens is 356 g/mol. The number of carbonyl (C=O) groups excluding carboxylic acids is 1. The van der Waals surface area contributed by atoms with Crippen LogP contribution in [0.2, 0.25) is 0 Å². The molecule has 1 aliphatic heterocycles. The van der Waals surface area contributed by atoms with Gasteiger partial charge in [-0.05, 0) is 43.0 Å². The zero-order valence-corrected chi connectivity index (χ0v) is 16.4. The maximum atomic E-state index is 12.5. The molecule has 146 valence electrons. The molecule has 2 atom stereocenters. The van der Waals surface area contributed by atoms with Crippen LogP contribution >= 0.6 is 12.4 Å². The van der Waals surface area contributed by atoms with Crippen molar-refractivity contribution in [3.8, 4) is 5.75 Å². The van der Waals surface area contributed by atoms with E-state index in [1.54, 1.807) is 12.0 Å². The van der Waals surface area contributed by atoms with Gasteiger partial charge in [0.2, 0.25) is 5.91 Å². The second kappa shape index (κ2) is 10.4. The summed E-state index contributed by atoms with van der Waals surface area (Å²) < 4.78 is 5.18. The smallest absolute Gasteiger partial charge is 0.320 e. The fraction of sp³-hybridized carbons (Fsp3) is 0.579. The number of benzene rings is 1. The third kappa shape index (κ3) is 5.88. The number of carboxylic acids is 1. The fourth-order valence-corrected chi connectivity index (χ4v) is 3.31. The van der Waals surface area contributed by atoms with E-state index in [1.807, 2.05) is 24.3 Å². The number of nitrogens with zero attached hydrogens (tertiary/aromatic N) is 1. The highest BCUT2D eigenvalue weighted by Gasteiger charge is 2.30. The molecule has 0 spiro atoms. The zero-order valence-electron chi connectivity index (χ0n) is 15.6. The molecule has 0 aliphatic carbocycles. The third-order valence-corrected chi connectivity index (χ3v) is 4.70. The maximum absolute atomic E-state index is 12.5. The van der Waals surface area contributed by atoms with Crippen LogP contribution in [0.3, 0.4) is 0 Å². The minimum absolute atomic E-state index is 0. The lowest BCUT2D eigenvalue weighted by Gasteiger charge is -2.33. The number of amides is 1. The van der Waals surface area contributed by atoms with Crippen LogP contribution in [0.4, 0.5) is 0 Å². The number of piperidine rings is 1. The predicted octanol–water partition coefficient (Wildman–Crippen LogP) is 2.87. The van der Waals surface area contributed by atoms with Crippen LogP contribution in [0.15, 0.2) is 24.3 Å². The van der Waals surface area contributed by atoms with Gasteiger partial charge >= 0.3 is 5.97 Å². The van der Waals surface area contributed by atoms with Gasteiger partial charge in [-0.25, -0.2) is 0 Å². The summed E-state index contributed by atoms with van der Waals surface area (Å²) in [6.45, 7) is 4.88. The first-order valence-corrected chi connectivity index (χ1v) is 8.82. The van der Waals surface area contributed by atoms with E-state index >= 15 is 0 Å². The molecule has 0 aromatic heterocycles. The van der Waals surface area contributed by atoms with Crippen molar-refractivity contribution in [2.45, 2.75) is 45.2 Å². The predicted molar refractivity (Wildman–Crippen MR) is 103 cm³/mol. The lowest BCUT2D eigenvalue weighted by Crippen LogP contribution is -2.49. The minimum Gasteiger partial charge on any atom is -0.497 e. The molecule has 0 radical (unpaired) electrons. The van der Waals surface area contributed by atoms with Crippen molar-refractivity contribution in [2.75, 3.05) is 20.2 Å². The van der Waals surface area contributed by atoms with Crippen LogP contribution in [0.1, 0.15) is 44.7 Å². The van der Waals surface area contributed by atoms with Crippen LogP contribution in [-0.4, -0.2) is 48.1 Å². The summed E-state index contributed by atoms with van der Waals surface area (Å²) in [5, 5.41) is 12.4. The van der Waals surface area contributed by atoms with Crippen LogP contribution in [0.5, 0.6) is 5.75 Å². The van der Waals surface area contributed by atoms with E-state index in [0.29, 0.717) is 13.0 Å².